The number of ether oxygens (including phenoxy) is 3. The summed E-state index contributed by atoms with van der Waals surface area (Å²) in [6, 6.07) is 26.1. The van der Waals surface area contributed by atoms with E-state index in [1.54, 1.807) is 19.4 Å². The minimum Gasteiger partial charge on any atom is -0.493 e. The number of hydrogen-bond acceptors (Lipinski definition) is 7. The van der Waals surface area contributed by atoms with Crippen LogP contribution in [0.15, 0.2) is 88.4 Å². The number of rotatable bonds is 10. The first kappa shape index (κ1) is 27.4. The lowest BCUT2D eigenvalue weighted by atomic mass is 10.1. The molecule has 9 heteroatoms. The molecule has 0 aliphatic carbocycles. The highest BCUT2D eigenvalue weighted by atomic mass is 79.9. The maximum Gasteiger partial charge on any atom is 0.277 e. The highest BCUT2D eigenvalue weighted by Crippen LogP contribution is 2.45. The first-order valence-corrected chi connectivity index (χ1v) is 15.2. The second kappa shape index (κ2) is 13.3. The van der Waals surface area contributed by atoms with Crippen LogP contribution in [0.3, 0.4) is 0 Å². The maximum atomic E-state index is 12.2. The minimum absolute atomic E-state index is 0.127. The highest BCUT2D eigenvalue weighted by molar-refractivity contribution is 9.10. The van der Waals surface area contributed by atoms with Crippen molar-refractivity contribution in [2.45, 2.75) is 11.2 Å². The van der Waals surface area contributed by atoms with Gasteiger partial charge in [0.25, 0.3) is 5.91 Å². The summed E-state index contributed by atoms with van der Waals surface area (Å²) >= 11 is 7.49. The standard InChI is InChI=1S/C30H27BrN2O4S2/c1-35-27-16-21(15-26(31)29(27)37-18-20-6-7-22-4-2-3-5-24(22)14-20)17-32-33-28(34)19-36-25-10-8-23(9-11-25)30-38-12-13-39-30/h2-11,14-17,30H,12-13,18-19H2,1H3,(H,33,34)/b32-17-. The van der Waals surface area contributed by atoms with Gasteiger partial charge in [-0.2, -0.15) is 5.10 Å². The number of carbonyl (C=O) groups is 1. The zero-order chi connectivity index (χ0) is 27.0. The molecule has 4 aromatic carbocycles. The van der Waals surface area contributed by atoms with Gasteiger partial charge >= 0.3 is 0 Å². The van der Waals surface area contributed by atoms with Gasteiger partial charge in [-0.05, 0) is 73.7 Å². The number of benzene rings is 4. The maximum absolute atomic E-state index is 12.2. The van der Waals surface area contributed by atoms with E-state index in [1.165, 1.54) is 27.8 Å². The third-order valence-electron chi connectivity index (χ3n) is 6.00. The number of hydrazone groups is 1. The Balaban J connectivity index is 1.14. The predicted molar refractivity (Wildman–Crippen MR) is 164 cm³/mol. The van der Waals surface area contributed by atoms with E-state index in [4.69, 9.17) is 14.2 Å². The molecule has 1 saturated heterocycles. The SMILES string of the molecule is COc1cc(/C=N\NC(=O)COc2ccc(C3SCCS3)cc2)cc(Br)c1OCc1ccc2ccccc2c1. The lowest BCUT2D eigenvalue weighted by Crippen LogP contribution is -2.24. The van der Waals surface area contributed by atoms with Crippen molar-refractivity contribution in [2.75, 3.05) is 25.2 Å². The van der Waals surface area contributed by atoms with Crippen molar-refractivity contribution in [3.8, 4) is 17.2 Å². The second-order valence-electron chi connectivity index (χ2n) is 8.73. The smallest absolute Gasteiger partial charge is 0.277 e. The van der Waals surface area contributed by atoms with Gasteiger partial charge in [-0.25, -0.2) is 5.43 Å². The van der Waals surface area contributed by atoms with Crippen LogP contribution in [-0.2, 0) is 11.4 Å². The molecule has 0 aromatic heterocycles. The summed E-state index contributed by atoms with van der Waals surface area (Å²) in [6.07, 6.45) is 1.55. The summed E-state index contributed by atoms with van der Waals surface area (Å²) in [5.74, 6) is 3.82. The Bertz CT molecular complexity index is 1470. The molecule has 39 heavy (non-hydrogen) atoms. The molecule has 0 radical (unpaired) electrons. The third-order valence-corrected chi connectivity index (χ3v) is 9.69. The number of nitrogens with one attached hydrogen (secondary N) is 1. The molecule has 0 bridgehead atoms. The topological polar surface area (TPSA) is 69.2 Å². The Labute approximate surface area is 244 Å². The molecule has 0 atom stereocenters. The number of halogens is 1. The van der Waals surface area contributed by atoms with Crippen molar-refractivity contribution < 1.29 is 19.0 Å². The normalized spacial score (nSPS) is 13.6. The lowest BCUT2D eigenvalue weighted by molar-refractivity contribution is -0.123. The van der Waals surface area contributed by atoms with Gasteiger partial charge in [-0.1, -0.05) is 48.5 Å². The molecule has 0 spiro atoms. The van der Waals surface area contributed by atoms with Gasteiger partial charge in [-0.15, -0.1) is 23.5 Å². The van der Waals surface area contributed by atoms with Crippen LogP contribution in [0.2, 0.25) is 0 Å². The number of fused-ring (bicyclic) bond motifs is 1. The summed E-state index contributed by atoms with van der Waals surface area (Å²) in [7, 11) is 1.59. The predicted octanol–water partition coefficient (Wildman–Crippen LogP) is 7.20. The molecule has 1 amide bonds. The molecule has 1 N–H and O–H groups in total. The van der Waals surface area contributed by atoms with Crippen LogP contribution in [-0.4, -0.2) is 37.3 Å². The fraction of sp³-hybridized carbons (Fsp3) is 0.200. The molecule has 6 nitrogen and oxygen atoms in total. The van der Waals surface area contributed by atoms with E-state index in [-0.39, 0.29) is 12.5 Å². The molecular formula is C30H27BrN2O4S2. The van der Waals surface area contributed by atoms with Crippen LogP contribution in [0, 0.1) is 0 Å². The van der Waals surface area contributed by atoms with Crippen LogP contribution >= 0.6 is 39.5 Å². The molecule has 4 aromatic rings. The van der Waals surface area contributed by atoms with Gasteiger partial charge in [-0.3, -0.25) is 4.79 Å². The number of carbonyl (C=O) groups excluding carboxylic acids is 1. The van der Waals surface area contributed by atoms with Crippen molar-refractivity contribution in [3.63, 3.8) is 0 Å². The van der Waals surface area contributed by atoms with Crippen molar-refractivity contribution in [2.24, 2.45) is 5.10 Å². The van der Waals surface area contributed by atoms with Crippen LogP contribution in [0.4, 0.5) is 0 Å². The first-order valence-electron chi connectivity index (χ1n) is 12.3. The number of amides is 1. The van der Waals surface area contributed by atoms with E-state index in [0.717, 1.165) is 15.6 Å². The van der Waals surface area contributed by atoms with E-state index in [9.17, 15) is 4.79 Å². The summed E-state index contributed by atoms with van der Waals surface area (Å²) in [4.78, 5) is 12.2. The molecular weight excluding hydrogens is 596 g/mol. The summed E-state index contributed by atoms with van der Waals surface area (Å²) in [5.41, 5.74) is 5.56. The number of hydrogen-bond donors (Lipinski definition) is 1. The van der Waals surface area contributed by atoms with Crippen molar-refractivity contribution in [1.29, 1.82) is 0 Å². The monoisotopic (exact) mass is 622 g/mol. The van der Waals surface area contributed by atoms with E-state index in [1.807, 2.05) is 53.9 Å². The van der Waals surface area contributed by atoms with Gasteiger partial charge < -0.3 is 14.2 Å². The minimum atomic E-state index is -0.349. The summed E-state index contributed by atoms with van der Waals surface area (Å²) < 4.78 is 18.5. The summed E-state index contributed by atoms with van der Waals surface area (Å²) in [6.45, 7) is 0.267. The van der Waals surface area contributed by atoms with E-state index in [2.05, 4.69) is 68.9 Å². The van der Waals surface area contributed by atoms with E-state index in [0.29, 0.717) is 28.4 Å². The van der Waals surface area contributed by atoms with Crippen LogP contribution in [0.25, 0.3) is 10.8 Å². The molecule has 200 valence electrons. The Morgan fingerprint density at radius 3 is 2.54 bits per heavy atom. The molecule has 5 rings (SSSR count). The second-order valence-corrected chi connectivity index (χ2v) is 12.3. The molecule has 0 saturated carbocycles. The van der Waals surface area contributed by atoms with Crippen molar-refractivity contribution in [1.82, 2.24) is 5.43 Å². The number of nitrogens with zero attached hydrogens (tertiary/aromatic N) is 1. The Morgan fingerprint density at radius 1 is 1.00 bits per heavy atom. The lowest BCUT2D eigenvalue weighted by Gasteiger charge is -2.14. The zero-order valence-electron chi connectivity index (χ0n) is 21.3. The first-order chi connectivity index (χ1) is 19.1. The quantitative estimate of drug-likeness (QED) is 0.149. The molecule has 1 aliphatic heterocycles. The molecule has 1 aliphatic rings. The molecule has 1 heterocycles. The molecule has 1 fully saturated rings. The molecule has 0 unspecified atom stereocenters. The van der Waals surface area contributed by atoms with Gasteiger partial charge in [0.2, 0.25) is 0 Å². The van der Waals surface area contributed by atoms with Crippen molar-refractivity contribution in [3.05, 3.63) is 100 Å². The van der Waals surface area contributed by atoms with Gasteiger partial charge in [0, 0.05) is 11.5 Å². The number of thioether (sulfide) groups is 2. The van der Waals surface area contributed by atoms with Crippen LogP contribution in [0.5, 0.6) is 17.2 Å². The van der Waals surface area contributed by atoms with Gasteiger partial charge in [0.15, 0.2) is 18.1 Å². The van der Waals surface area contributed by atoms with E-state index < -0.39 is 0 Å². The fourth-order valence-corrected chi connectivity index (χ4v) is 7.50. The Kier molecular flexibility index (Phi) is 9.34. The largest absolute Gasteiger partial charge is 0.493 e. The average Bonchev–Trinajstić information content (AvgIpc) is 3.51. The Morgan fingerprint density at radius 2 is 1.77 bits per heavy atom. The van der Waals surface area contributed by atoms with Gasteiger partial charge in [0.1, 0.15) is 12.4 Å². The highest BCUT2D eigenvalue weighted by Gasteiger charge is 2.18. The van der Waals surface area contributed by atoms with Crippen LogP contribution in [0.1, 0.15) is 21.3 Å². The third kappa shape index (κ3) is 7.29. The Hall–Kier alpha value is -3.14. The van der Waals surface area contributed by atoms with Gasteiger partial charge in [0.05, 0.1) is 22.4 Å². The van der Waals surface area contributed by atoms with Crippen LogP contribution < -0.4 is 19.6 Å². The number of methoxy groups -OCH3 is 1. The zero-order valence-corrected chi connectivity index (χ0v) is 24.5. The van der Waals surface area contributed by atoms with Crippen molar-refractivity contribution >= 4 is 62.3 Å². The summed E-state index contributed by atoms with van der Waals surface area (Å²) in [5, 5.41) is 6.42. The fourth-order valence-electron chi connectivity index (χ4n) is 4.07. The van der Waals surface area contributed by atoms with E-state index >= 15 is 0 Å². The average molecular weight is 624 g/mol.